The topological polar surface area (TPSA) is 79.4 Å². The molecule has 0 radical (unpaired) electrons. The first-order valence-corrected chi connectivity index (χ1v) is 10.6. The fraction of sp³-hybridized carbons (Fsp3) is 0.261. The Morgan fingerprint density at radius 3 is 2.84 bits per heavy atom. The molecule has 1 fully saturated rings. The maximum Gasteiger partial charge on any atom is 0.248 e. The van der Waals surface area contributed by atoms with E-state index in [9.17, 15) is 9.18 Å². The van der Waals surface area contributed by atoms with E-state index in [1.54, 1.807) is 24.3 Å². The zero-order valence-electron chi connectivity index (χ0n) is 17.7. The molecule has 9 heteroatoms. The summed E-state index contributed by atoms with van der Waals surface area (Å²) in [4.78, 5) is 23.2. The van der Waals surface area contributed by atoms with Crippen molar-refractivity contribution in [3.05, 3.63) is 59.7 Å². The summed E-state index contributed by atoms with van der Waals surface area (Å²) in [5.41, 5.74) is 1.19. The molecule has 0 spiro atoms. The molecular formula is C23H23ClFN5O2. The van der Waals surface area contributed by atoms with Gasteiger partial charge in [-0.3, -0.25) is 9.69 Å². The third-order valence-electron chi connectivity index (χ3n) is 5.26. The second-order valence-electron chi connectivity index (χ2n) is 7.55. The van der Waals surface area contributed by atoms with Crippen LogP contribution in [0.1, 0.15) is 12.8 Å². The molecule has 32 heavy (non-hydrogen) atoms. The number of nitrogens with zero attached hydrogens (tertiary/aromatic N) is 3. The zero-order valence-corrected chi connectivity index (χ0v) is 18.5. The van der Waals surface area contributed by atoms with Crippen LogP contribution in [0.25, 0.3) is 10.9 Å². The number of carbonyl (C=O) groups is 1. The van der Waals surface area contributed by atoms with Crippen molar-refractivity contribution < 1.29 is 13.9 Å². The predicted molar refractivity (Wildman–Crippen MR) is 124 cm³/mol. The monoisotopic (exact) mass is 455 g/mol. The van der Waals surface area contributed by atoms with E-state index in [1.165, 1.54) is 38.4 Å². The van der Waals surface area contributed by atoms with Gasteiger partial charge in [-0.15, -0.1) is 0 Å². The smallest absolute Gasteiger partial charge is 0.248 e. The minimum absolute atomic E-state index is 0.00704. The number of fused-ring (bicyclic) bond motifs is 1. The fourth-order valence-electron chi connectivity index (χ4n) is 3.42. The van der Waals surface area contributed by atoms with Gasteiger partial charge in [-0.25, -0.2) is 14.4 Å². The number of halogens is 2. The highest BCUT2D eigenvalue weighted by Crippen LogP contribution is 2.38. The lowest BCUT2D eigenvalue weighted by Crippen LogP contribution is -2.20. The highest BCUT2D eigenvalue weighted by Gasteiger charge is 2.25. The highest BCUT2D eigenvalue weighted by molar-refractivity contribution is 6.31. The number of anilines is 3. The molecule has 1 aliphatic rings. The van der Waals surface area contributed by atoms with Crippen LogP contribution in [0.2, 0.25) is 5.02 Å². The van der Waals surface area contributed by atoms with Gasteiger partial charge in [0.2, 0.25) is 5.91 Å². The number of carbonyl (C=O) groups excluding carboxylic acids is 1. The quantitative estimate of drug-likeness (QED) is 0.476. The standard InChI is InChI=1S/C23H23ClFN5O2/c1-30(14-8-9-14)12-4-7-19(31)28-18-11-10-16-20(22(18)32-2)23(27-13-26-16)29-17-6-3-5-15(24)21(17)25/h3-7,10-11,13-14H,8-9,12H2,1-2H3,(H,28,31)(H,26,27,29)/b7-4+. The van der Waals surface area contributed by atoms with Crippen LogP contribution in [0.5, 0.6) is 5.75 Å². The maximum atomic E-state index is 14.4. The Kier molecular flexibility index (Phi) is 6.53. The number of hydrogen-bond donors (Lipinski definition) is 2. The summed E-state index contributed by atoms with van der Waals surface area (Å²) in [6, 6.07) is 8.71. The van der Waals surface area contributed by atoms with Gasteiger partial charge >= 0.3 is 0 Å². The third kappa shape index (κ3) is 4.81. The van der Waals surface area contributed by atoms with Crippen molar-refractivity contribution in [2.75, 3.05) is 31.3 Å². The van der Waals surface area contributed by atoms with E-state index >= 15 is 0 Å². The largest absolute Gasteiger partial charge is 0.494 e. The Morgan fingerprint density at radius 1 is 1.28 bits per heavy atom. The number of methoxy groups -OCH3 is 1. The van der Waals surface area contributed by atoms with Gasteiger partial charge in [0, 0.05) is 18.7 Å². The summed E-state index contributed by atoms with van der Waals surface area (Å²) in [6.07, 6.45) is 7.12. The Labute approximate surface area is 190 Å². The second-order valence-corrected chi connectivity index (χ2v) is 7.96. The Bertz CT molecular complexity index is 1180. The minimum atomic E-state index is -0.592. The average Bonchev–Trinajstić information content (AvgIpc) is 3.62. The third-order valence-corrected chi connectivity index (χ3v) is 5.55. The van der Waals surface area contributed by atoms with E-state index < -0.39 is 5.82 Å². The molecule has 0 unspecified atom stereocenters. The first-order valence-electron chi connectivity index (χ1n) is 10.2. The molecule has 1 saturated carbocycles. The maximum absolute atomic E-state index is 14.4. The summed E-state index contributed by atoms with van der Waals surface area (Å²) in [5, 5.41) is 6.28. The molecule has 2 N–H and O–H groups in total. The van der Waals surface area contributed by atoms with Crippen molar-refractivity contribution in [1.82, 2.24) is 14.9 Å². The molecule has 3 aromatic rings. The van der Waals surface area contributed by atoms with Gasteiger partial charge in [0.15, 0.2) is 11.6 Å². The van der Waals surface area contributed by atoms with Crippen molar-refractivity contribution in [3.8, 4) is 5.75 Å². The van der Waals surface area contributed by atoms with Gasteiger partial charge in [-0.2, -0.15) is 0 Å². The number of rotatable bonds is 8. The van der Waals surface area contributed by atoms with Crippen molar-refractivity contribution in [2.45, 2.75) is 18.9 Å². The van der Waals surface area contributed by atoms with Crippen molar-refractivity contribution in [2.24, 2.45) is 0 Å². The van der Waals surface area contributed by atoms with Gasteiger partial charge in [-0.05, 0) is 44.2 Å². The summed E-state index contributed by atoms with van der Waals surface area (Å²) in [7, 11) is 3.53. The SMILES string of the molecule is COc1c(NC(=O)/C=C/CN(C)C2CC2)ccc2ncnc(Nc3cccc(Cl)c3F)c12. The van der Waals surface area contributed by atoms with Crippen LogP contribution in [0, 0.1) is 5.82 Å². The Balaban J connectivity index is 1.61. The van der Waals surface area contributed by atoms with Gasteiger partial charge < -0.3 is 15.4 Å². The van der Waals surface area contributed by atoms with Gasteiger partial charge in [-0.1, -0.05) is 23.7 Å². The highest BCUT2D eigenvalue weighted by atomic mass is 35.5. The van der Waals surface area contributed by atoms with E-state index in [0.717, 1.165) is 0 Å². The number of nitrogens with one attached hydrogen (secondary N) is 2. The predicted octanol–water partition coefficient (Wildman–Crippen LogP) is 4.76. The number of aromatic nitrogens is 2. The minimum Gasteiger partial charge on any atom is -0.494 e. The number of likely N-dealkylation sites (N-methyl/N-ethyl adjacent to an activating group) is 1. The van der Waals surface area contributed by atoms with E-state index in [-0.39, 0.29) is 16.6 Å². The first-order chi connectivity index (χ1) is 15.5. The Hall–Kier alpha value is -3.23. The number of hydrogen-bond acceptors (Lipinski definition) is 6. The molecule has 0 bridgehead atoms. The van der Waals surface area contributed by atoms with Gasteiger partial charge in [0.1, 0.15) is 12.1 Å². The van der Waals surface area contributed by atoms with Crippen LogP contribution in [0.15, 0.2) is 48.8 Å². The van der Waals surface area contributed by atoms with Gasteiger partial charge in [0.05, 0.1) is 34.4 Å². The molecule has 0 saturated heterocycles. The molecule has 0 aliphatic heterocycles. The number of ether oxygens (including phenoxy) is 1. The van der Waals surface area contributed by atoms with Crippen LogP contribution >= 0.6 is 11.6 Å². The van der Waals surface area contributed by atoms with Crippen molar-refractivity contribution in [3.63, 3.8) is 0 Å². The summed E-state index contributed by atoms with van der Waals surface area (Å²) in [5.74, 6) is -0.180. The zero-order chi connectivity index (χ0) is 22.7. The summed E-state index contributed by atoms with van der Waals surface area (Å²) >= 11 is 5.89. The molecule has 166 valence electrons. The molecule has 1 heterocycles. The van der Waals surface area contributed by atoms with Crippen LogP contribution in [-0.4, -0.2) is 47.5 Å². The van der Waals surface area contributed by atoms with Gasteiger partial charge in [0.25, 0.3) is 0 Å². The molecule has 2 aromatic carbocycles. The average molecular weight is 456 g/mol. The summed E-state index contributed by atoms with van der Waals surface area (Å²) < 4.78 is 20.0. The van der Waals surface area contributed by atoms with Crippen LogP contribution in [-0.2, 0) is 4.79 Å². The fourth-order valence-corrected chi connectivity index (χ4v) is 3.59. The molecule has 1 amide bonds. The van der Waals surface area contributed by atoms with E-state index in [2.05, 4.69) is 25.5 Å². The van der Waals surface area contributed by atoms with E-state index in [4.69, 9.17) is 16.3 Å². The number of amides is 1. The van der Waals surface area contributed by atoms with Crippen molar-refractivity contribution >= 4 is 45.6 Å². The lowest BCUT2D eigenvalue weighted by molar-refractivity contribution is -0.111. The number of benzene rings is 2. The molecule has 7 nitrogen and oxygen atoms in total. The lowest BCUT2D eigenvalue weighted by atomic mass is 10.1. The lowest BCUT2D eigenvalue weighted by Gasteiger charge is -2.15. The molecule has 0 atom stereocenters. The normalized spacial score (nSPS) is 13.7. The molecule has 4 rings (SSSR count). The van der Waals surface area contributed by atoms with Crippen LogP contribution in [0.3, 0.4) is 0 Å². The molecule has 1 aliphatic carbocycles. The van der Waals surface area contributed by atoms with E-state index in [1.807, 2.05) is 13.1 Å². The molecule has 1 aromatic heterocycles. The Morgan fingerprint density at radius 2 is 2.09 bits per heavy atom. The summed E-state index contributed by atoms with van der Waals surface area (Å²) in [6.45, 7) is 0.708. The first kappa shape index (κ1) is 22.0. The van der Waals surface area contributed by atoms with E-state index in [0.29, 0.717) is 40.7 Å². The van der Waals surface area contributed by atoms with Crippen LogP contribution in [0.4, 0.5) is 21.6 Å². The second kappa shape index (κ2) is 9.50. The van der Waals surface area contributed by atoms with Crippen LogP contribution < -0.4 is 15.4 Å². The van der Waals surface area contributed by atoms with Crippen molar-refractivity contribution in [1.29, 1.82) is 0 Å². The molecular weight excluding hydrogens is 433 g/mol.